The number of carbonyl (C=O) groups excluding carboxylic acids is 1. The molecule has 0 saturated carbocycles. The molecule has 0 aliphatic rings. The molecule has 0 amide bonds. The van der Waals surface area contributed by atoms with Crippen LogP contribution in [0.25, 0.3) is 22.2 Å². The molecule has 0 N–H and O–H groups in total. The van der Waals surface area contributed by atoms with E-state index in [-0.39, 0.29) is 11.8 Å². The summed E-state index contributed by atoms with van der Waals surface area (Å²) in [7, 11) is 0. The normalized spacial score (nSPS) is 10.5. The molecule has 5 nitrogen and oxygen atoms in total. The molecule has 0 aliphatic heterocycles. The highest BCUT2D eigenvalue weighted by Gasteiger charge is 2.11. The Bertz CT molecular complexity index is 877. The van der Waals surface area contributed by atoms with Crippen LogP contribution in [0.5, 0.6) is 5.88 Å². The molecule has 0 saturated heterocycles. The molecule has 0 unspecified atom stereocenters. The van der Waals surface area contributed by atoms with Gasteiger partial charge in [0.2, 0.25) is 11.8 Å². The van der Waals surface area contributed by atoms with Crippen molar-refractivity contribution in [2.24, 2.45) is 0 Å². The van der Waals surface area contributed by atoms with Gasteiger partial charge in [-0.15, -0.1) is 0 Å². The van der Waals surface area contributed by atoms with E-state index >= 15 is 0 Å². The first-order valence-corrected chi connectivity index (χ1v) is 6.32. The predicted molar refractivity (Wildman–Crippen MR) is 77.0 cm³/mol. The summed E-state index contributed by atoms with van der Waals surface area (Å²) in [5, 5.41) is 1.90. The average Bonchev–Trinajstić information content (AvgIpc) is 2.45. The van der Waals surface area contributed by atoms with Gasteiger partial charge in [0, 0.05) is 12.5 Å². The van der Waals surface area contributed by atoms with Gasteiger partial charge in [-0.3, -0.25) is 4.79 Å². The Morgan fingerprint density at radius 1 is 1.14 bits per heavy atom. The minimum atomic E-state index is -0.621. The summed E-state index contributed by atoms with van der Waals surface area (Å²) in [6.07, 6.45) is 0. The second-order valence-electron chi connectivity index (χ2n) is 4.44. The van der Waals surface area contributed by atoms with E-state index in [4.69, 9.17) is 9.15 Å². The second kappa shape index (κ2) is 5.20. The van der Waals surface area contributed by atoms with Gasteiger partial charge < -0.3 is 9.15 Å². The van der Waals surface area contributed by atoms with Crippen LogP contribution in [0.1, 0.15) is 6.92 Å². The zero-order valence-corrected chi connectivity index (χ0v) is 11.2. The number of carbonyl (C=O) groups is 1. The molecule has 0 bridgehead atoms. The highest BCUT2D eigenvalue weighted by atomic mass is 16.5. The molecule has 3 aromatic rings. The predicted octanol–water partition coefficient (Wildman–Crippen LogP) is 2.78. The zero-order valence-electron chi connectivity index (χ0n) is 11.2. The number of hydrogen-bond acceptors (Lipinski definition) is 5. The summed E-state index contributed by atoms with van der Waals surface area (Å²) in [5.74, 6) is -0.491. The van der Waals surface area contributed by atoms with E-state index in [1.54, 1.807) is 6.07 Å². The number of nitrogens with zero attached hydrogens (tertiary/aromatic N) is 1. The zero-order chi connectivity index (χ0) is 14.8. The van der Waals surface area contributed by atoms with Crippen molar-refractivity contribution in [1.82, 2.24) is 4.98 Å². The van der Waals surface area contributed by atoms with Crippen LogP contribution in [0.15, 0.2) is 57.7 Å². The van der Waals surface area contributed by atoms with Crippen LogP contribution in [0.4, 0.5) is 0 Å². The third-order valence-corrected chi connectivity index (χ3v) is 2.92. The number of rotatable bonds is 2. The minimum Gasteiger partial charge on any atom is -0.407 e. The number of esters is 1. The second-order valence-corrected chi connectivity index (χ2v) is 4.44. The van der Waals surface area contributed by atoms with E-state index in [0.29, 0.717) is 5.56 Å². The van der Waals surface area contributed by atoms with E-state index in [1.807, 2.05) is 36.4 Å². The molecule has 5 heteroatoms. The first-order valence-electron chi connectivity index (χ1n) is 6.32. The van der Waals surface area contributed by atoms with Gasteiger partial charge in [0.1, 0.15) is 0 Å². The first kappa shape index (κ1) is 13.1. The number of hydrogen-bond donors (Lipinski definition) is 0. The van der Waals surface area contributed by atoms with Crippen LogP contribution >= 0.6 is 0 Å². The van der Waals surface area contributed by atoms with Gasteiger partial charge in [0.15, 0.2) is 0 Å². The van der Waals surface area contributed by atoms with E-state index in [1.165, 1.54) is 6.92 Å². The van der Waals surface area contributed by atoms with E-state index in [2.05, 4.69) is 4.98 Å². The summed E-state index contributed by atoms with van der Waals surface area (Å²) in [4.78, 5) is 26.7. The van der Waals surface area contributed by atoms with Crippen molar-refractivity contribution in [3.05, 3.63) is 59.0 Å². The molecule has 0 aliphatic carbocycles. The minimum absolute atomic E-state index is 0.0679. The van der Waals surface area contributed by atoms with Crippen LogP contribution < -0.4 is 10.4 Å². The molecule has 1 aromatic heterocycles. The maximum Gasteiger partial charge on any atom is 0.343 e. The third kappa shape index (κ3) is 2.67. The molecule has 3 rings (SSSR count). The Labute approximate surface area is 119 Å². The van der Waals surface area contributed by atoms with Gasteiger partial charge in [0.25, 0.3) is 0 Å². The lowest BCUT2D eigenvalue weighted by molar-refractivity contribution is -0.132. The Kier molecular flexibility index (Phi) is 3.23. The topological polar surface area (TPSA) is 69.4 Å². The fraction of sp³-hybridized carbons (Fsp3) is 0.0625. The fourth-order valence-corrected chi connectivity index (χ4v) is 2.11. The maximum atomic E-state index is 11.6. The third-order valence-electron chi connectivity index (χ3n) is 2.92. The van der Waals surface area contributed by atoms with Crippen molar-refractivity contribution in [2.75, 3.05) is 0 Å². The summed E-state index contributed by atoms with van der Waals surface area (Å²) in [5.41, 5.74) is 0.0448. The lowest BCUT2D eigenvalue weighted by atomic mass is 10.0. The molecule has 0 atom stereocenters. The summed E-state index contributed by atoms with van der Waals surface area (Å²) >= 11 is 0. The maximum absolute atomic E-state index is 11.6. The van der Waals surface area contributed by atoms with Gasteiger partial charge in [-0.1, -0.05) is 36.4 Å². The molecule has 21 heavy (non-hydrogen) atoms. The largest absolute Gasteiger partial charge is 0.407 e. The highest BCUT2D eigenvalue weighted by Crippen LogP contribution is 2.27. The molecular formula is C16H11NO4. The fourth-order valence-electron chi connectivity index (χ4n) is 2.11. The van der Waals surface area contributed by atoms with Crippen molar-refractivity contribution in [1.29, 1.82) is 0 Å². The Hall–Kier alpha value is -2.95. The van der Waals surface area contributed by atoms with Crippen molar-refractivity contribution in [3.8, 4) is 17.3 Å². The number of benzene rings is 2. The van der Waals surface area contributed by atoms with Crippen molar-refractivity contribution < 1.29 is 13.9 Å². The van der Waals surface area contributed by atoms with E-state index in [9.17, 15) is 9.59 Å². The van der Waals surface area contributed by atoms with Crippen LogP contribution in [0.2, 0.25) is 0 Å². The Balaban J connectivity index is 2.21. The molecule has 0 radical (unpaired) electrons. The van der Waals surface area contributed by atoms with E-state index < -0.39 is 11.6 Å². The molecule has 0 fully saturated rings. The summed E-state index contributed by atoms with van der Waals surface area (Å²) < 4.78 is 9.99. The monoisotopic (exact) mass is 281 g/mol. The number of ether oxygens (including phenoxy) is 1. The van der Waals surface area contributed by atoms with Crippen LogP contribution in [-0.4, -0.2) is 11.0 Å². The van der Waals surface area contributed by atoms with Crippen molar-refractivity contribution in [2.45, 2.75) is 6.92 Å². The Morgan fingerprint density at radius 2 is 1.90 bits per heavy atom. The van der Waals surface area contributed by atoms with Crippen molar-refractivity contribution in [3.63, 3.8) is 0 Å². The standard InChI is InChI=1S/C16H11NO4/c1-10(18)20-14-9-15(19)21-16(17-14)13-8-4-6-11-5-2-3-7-12(11)13/h2-9H,1H3. The van der Waals surface area contributed by atoms with Crippen molar-refractivity contribution >= 4 is 16.7 Å². The average molecular weight is 281 g/mol. The SMILES string of the molecule is CC(=O)Oc1cc(=O)oc(-c2cccc3ccccc23)n1. The number of aromatic nitrogens is 1. The lowest BCUT2D eigenvalue weighted by Crippen LogP contribution is -2.08. The van der Waals surface area contributed by atoms with Crippen LogP contribution in [-0.2, 0) is 4.79 Å². The summed E-state index contributed by atoms with van der Waals surface area (Å²) in [6.45, 7) is 1.24. The van der Waals surface area contributed by atoms with Gasteiger partial charge in [-0.05, 0) is 16.8 Å². The molecule has 1 heterocycles. The smallest absolute Gasteiger partial charge is 0.343 e. The molecule has 104 valence electrons. The highest BCUT2D eigenvalue weighted by molar-refractivity contribution is 5.94. The molecule has 0 spiro atoms. The van der Waals surface area contributed by atoms with Gasteiger partial charge >= 0.3 is 11.6 Å². The van der Waals surface area contributed by atoms with Gasteiger partial charge in [0.05, 0.1) is 6.07 Å². The molecular weight excluding hydrogens is 270 g/mol. The summed E-state index contributed by atoms with van der Waals surface area (Å²) in [6, 6.07) is 14.3. The first-order chi connectivity index (χ1) is 10.1. The van der Waals surface area contributed by atoms with Crippen LogP contribution in [0, 0.1) is 0 Å². The van der Waals surface area contributed by atoms with Crippen LogP contribution in [0.3, 0.4) is 0 Å². The van der Waals surface area contributed by atoms with Gasteiger partial charge in [-0.2, -0.15) is 4.98 Å². The number of fused-ring (bicyclic) bond motifs is 1. The Morgan fingerprint density at radius 3 is 2.71 bits per heavy atom. The lowest BCUT2D eigenvalue weighted by Gasteiger charge is -2.06. The van der Waals surface area contributed by atoms with Gasteiger partial charge in [-0.25, -0.2) is 4.79 Å². The molecule has 2 aromatic carbocycles. The van der Waals surface area contributed by atoms with E-state index in [0.717, 1.165) is 16.8 Å². The quantitative estimate of drug-likeness (QED) is 0.675.